The molecular weight excluding hydrogens is 268 g/mol. The summed E-state index contributed by atoms with van der Waals surface area (Å²) in [4.78, 5) is 13.6. The van der Waals surface area contributed by atoms with Crippen molar-refractivity contribution in [1.82, 2.24) is 4.90 Å². The summed E-state index contributed by atoms with van der Waals surface area (Å²) in [7, 11) is 3.40. The number of hydrogen-bond donors (Lipinski definition) is 1. The average molecular weight is 294 g/mol. The molecule has 0 saturated carbocycles. The number of rotatable bonds is 9. The molecule has 0 aliphatic heterocycles. The Hall–Kier alpha value is -1.75. The van der Waals surface area contributed by atoms with Crippen LogP contribution in [0.25, 0.3) is 0 Å². The van der Waals surface area contributed by atoms with Gasteiger partial charge in [0, 0.05) is 19.5 Å². The standard InChI is InChI=1S/C16H26N2O3/c1-4-5-13(17)12-16(19)18(2)10-11-21-15-8-6-14(20-3)7-9-15/h6-9,13H,4-5,10-12,17H2,1-3H3. The number of ether oxygens (including phenoxy) is 2. The first kappa shape index (κ1) is 17.3. The lowest BCUT2D eigenvalue weighted by Crippen LogP contribution is -2.35. The fraction of sp³-hybridized carbons (Fsp3) is 0.562. The normalized spacial score (nSPS) is 11.8. The maximum absolute atomic E-state index is 11.9. The van der Waals surface area contributed by atoms with Crippen LogP contribution in [0.3, 0.4) is 0 Å². The second-order valence-electron chi connectivity index (χ2n) is 5.09. The van der Waals surface area contributed by atoms with Crippen molar-refractivity contribution in [3.63, 3.8) is 0 Å². The molecular formula is C16H26N2O3. The number of benzene rings is 1. The molecule has 1 unspecified atom stereocenters. The van der Waals surface area contributed by atoms with Gasteiger partial charge in [-0.05, 0) is 30.7 Å². The number of carbonyl (C=O) groups is 1. The van der Waals surface area contributed by atoms with Crippen LogP contribution in [-0.4, -0.2) is 44.2 Å². The fourth-order valence-corrected chi connectivity index (χ4v) is 1.95. The Morgan fingerprint density at radius 2 is 1.90 bits per heavy atom. The predicted octanol–water partition coefficient (Wildman–Crippen LogP) is 2.05. The van der Waals surface area contributed by atoms with Crippen molar-refractivity contribution >= 4 is 5.91 Å². The van der Waals surface area contributed by atoms with Crippen molar-refractivity contribution in [2.75, 3.05) is 27.3 Å². The van der Waals surface area contributed by atoms with E-state index in [1.807, 2.05) is 24.3 Å². The Kier molecular flexibility index (Phi) is 7.61. The largest absolute Gasteiger partial charge is 0.497 e. The highest BCUT2D eigenvalue weighted by Crippen LogP contribution is 2.16. The number of nitrogens with zero attached hydrogens (tertiary/aromatic N) is 1. The highest BCUT2D eigenvalue weighted by molar-refractivity contribution is 5.76. The van der Waals surface area contributed by atoms with E-state index < -0.39 is 0 Å². The molecule has 0 aromatic heterocycles. The number of methoxy groups -OCH3 is 1. The summed E-state index contributed by atoms with van der Waals surface area (Å²) >= 11 is 0. The van der Waals surface area contributed by atoms with Gasteiger partial charge in [0.15, 0.2) is 0 Å². The van der Waals surface area contributed by atoms with E-state index in [4.69, 9.17) is 15.2 Å². The van der Waals surface area contributed by atoms with Crippen LogP contribution < -0.4 is 15.2 Å². The number of hydrogen-bond acceptors (Lipinski definition) is 4. The molecule has 1 amide bonds. The lowest BCUT2D eigenvalue weighted by Gasteiger charge is -2.19. The van der Waals surface area contributed by atoms with Crippen molar-refractivity contribution in [3.8, 4) is 11.5 Å². The van der Waals surface area contributed by atoms with Crippen LogP contribution in [0, 0.1) is 0 Å². The van der Waals surface area contributed by atoms with Crippen molar-refractivity contribution in [1.29, 1.82) is 0 Å². The van der Waals surface area contributed by atoms with E-state index in [0.717, 1.165) is 24.3 Å². The molecule has 5 heteroatoms. The first-order chi connectivity index (χ1) is 10.1. The molecule has 1 atom stereocenters. The number of nitrogens with two attached hydrogens (primary N) is 1. The summed E-state index contributed by atoms with van der Waals surface area (Å²) < 4.78 is 10.7. The van der Waals surface area contributed by atoms with Crippen LogP contribution in [0.15, 0.2) is 24.3 Å². The van der Waals surface area contributed by atoms with Crippen molar-refractivity contribution in [3.05, 3.63) is 24.3 Å². The average Bonchev–Trinajstić information content (AvgIpc) is 2.48. The van der Waals surface area contributed by atoms with Crippen LogP contribution >= 0.6 is 0 Å². The smallest absolute Gasteiger partial charge is 0.223 e. The minimum absolute atomic E-state index is 0.0487. The molecule has 5 nitrogen and oxygen atoms in total. The number of amides is 1. The summed E-state index contributed by atoms with van der Waals surface area (Å²) in [6.45, 7) is 3.07. The first-order valence-electron chi connectivity index (χ1n) is 7.33. The third-order valence-electron chi connectivity index (χ3n) is 3.28. The summed E-state index contributed by atoms with van der Waals surface area (Å²) in [5.74, 6) is 1.62. The fourth-order valence-electron chi connectivity index (χ4n) is 1.95. The first-order valence-corrected chi connectivity index (χ1v) is 7.33. The number of carbonyl (C=O) groups excluding carboxylic acids is 1. The Morgan fingerprint density at radius 3 is 2.48 bits per heavy atom. The van der Waals surface area contributed by atoms with E-state index in [9.17, 15) is 4.79 Å². The van der Waals surface area contributed by atoms with Gasteiger partial charge in [0.05, 0.1) is 13.7 Å². The van der Waals surface area contributed by atoms with E-state index >= 15 is 0 Å². The SMILES string of the molecule is CCCC(N)CC(=O)N(C)CCOc1ccc(OC)cc1. The molecule has 0 radical (unpaired) electrons. The monoisotopic (exact) mass is 294 g/mol. The zero-order valence-electron chi connectivity index (χ0n) is 13.2. The molecule has 0 aliphatic carbocycles. The molecule has 21 heavy (non-hydrogen) atoms. The highest BCUT2D eigenvalue weighted by atomic mass is 16.5. The molecule has 118 valence electrons. The van der Waals surface area contributed by atoms with Gasteiger partial charge >= 0.3 is 0 Å². The van der Waals surface area contributed by atoms with Gasteiger partial charge in [0.25, 0.3) is 0 Å². The molecule has 0 spiro atoms. The maximum Gasteiger partial charge on any atom is 0.223 e. The van der Waals surface area contributed by atoms with Crippen LogP contribution in [0.2, 0.25) is 0 Å². The topological polar surface area (TPSA) is 64.8 Å². The van der Waals surface area contributed by atoms with E-state index in [2.05, 4.69) is 6.92 Å². The van der Waals surface area contributed by atoms with Crippen LogP contribution in [-0.2, 0) is 4.79 Å². The second kappa shape index (κ2) is 9.23. The van der Waals surface area contributed by atoms with E-state index in [-0.39, 0.29) is 11.9 Å². The Labute approximate surface area is 127 Å². The van der Waals surface area contributed by atoms with Gasteiger partial charge in [-0.1, -0.05) is 13.3 Å². The lowest BCUT2D eigenvalue weighted by atomic mass is 10.1. The van der Waals surface area contributed by atoms with E-state index in [0.29, 0.717) is 19.6 Å². The Bertz CT molecular complexity index is 420. The summed E-state index contributed by atoms with van der Waals surface area (Å²) in [5, 5.41) is 0. The molecule has 2 N–H and O–H groups in total. The van der Waals surface area contributed by atoms with E-state index in [1.54, 1.807) is 19.1 Å². The quantitative estimate of drug-likeness (QED) is 0.757. The molecule has 0 saturated heterocycles. The molecule has 0 aliphatic rings. The maximum atomic E-state index is 11.9. The summed E-state index contributed by atoms with van der Waals surface area (Å²) in [6.07, 6.45) is 2.27. The van der Waals surface area contributed by atoms with E-state index in [1.165, 1.54) is 0 Å². The zero-order chi connectivity index (χ0) is 15.7. The van der Waals surface area contributed by atoms with Gasteiger partial charge in [-0.25, -0.2) is 0 Å². The van der Waals surface area contributed by atoms with Crippen molar-refractivity contribution in [2.24, 2.45) is 5.73 Å². The molecule has 1 aromatic carbocycles. The molecule has 0 heterocycles. The van der Waals surface area contributed by atoms with Gasteiger partial charge in [-0.15, -0.1) is 0 Å². The molecule has 0 fully saturated rings. The van der Waals surface area contributed by atoms with Crippen LogP contribution in [0.4, 0.5) is 0 Å². The molecule has 1 aromatic rings. The van der Waals surface area contributed by atoms with Gasteiger partial charge in [-0.3, -0.25) is 4.79 Å². The predicted molar refractivity (Wildman–Crippen MR) is 83.6 cm³/mol. The zero-order valence-corrected chi connectivity index (χ0v) is 13.2. The van der Waals surface area contributed by atoms with Crippen molar-refractivity contribution in [2.45, 2.75) is 32.2 Å². The van der Waals surface area contributed by atoms with Crippen molar-refractivity contribution < 1.29 is 14.3 Å². The molecule has 1 rings (SSSR count). The Morgan fingerprint density at radius 1 is 1.29 bits per heavy atom. The third kappa shape index (κ3) is 6.49. The second-order valence-corrected chi connectivity index (χ2v) is 5.09. The van der Waals surface area contributed by atoms with Crippen LogP contribution in [0.5, 0.6) is 11.5 Å². The minimum Gasteiger partial charge on any atom is -0.497 e. The Balaban J connectivity index is 2.28. The van der Waals surface area contributed by atoms with Gasteiger partial charge in [-0.2, -0.15) is 0 Å². The molecule has 0 bridgehead atoms. The van der Waals surface area contributed by atoms with Crippen LogP contribution in [0.1, 0.15) is 26.2 Å². The van der Waals surface area contributed by atoms with Gasteiger partial charge < -0.3 is 20.1 Å². The van der Waals surface area contributed by atoms with Gasteiger partial charge in [0.1, 0.15) is 18.1 Å². The number of likely N-dealkylation sites (N-methyl/N-ethyl adjacent to an activating group) is 1. The lowest BCUT2D eigenvalue weighted by molar-refractivity contribution is -0.130. The highest BCUT2D eigenvalue weighted by Gasteiger charge is 2.13. The summed E-state index contributed by atoms with van der Waals surface area (Å²) in [6, 6.07) is 7.32. The van der Waals surface area contributed by atoms with Gasteiger partial charge in [0.2, 0.25) is 5.91 Å². The summed E-state index contributed by atoms with van der Waals surface area (Å²) in [5.41, 5.74) is 5.88. The minimum atomic E-state index is -0.0487. The third-order valence-corrected chi connectivity index (χ3v) is 3.28.